The van der Waals surface area contributed by atoms with Crippen LogP contribution in [0.15, 0.2) is 18.5 Å². The minimum atomic E-state index is 0.480. The molecule has 0 aliphatic rings. The molecule has 0 atom stereocenters. The van der Waals surface area contributed by atoms with Gasteiger partial charge in [-0.1, -0.05) is 20.8 Å². The lowest BCUT2D eigenvalue weighted by Gasteiger charge is -2.06. The molecule has 0 amide bonds. The van der Waals surface area contributed by atoms with E-state index in [4.69, 9.17) is 0 Å². The van der Waals surface area contributed by atoms with Crippen molar-refractivity contribution in [3.63, 3.8) is 0 Å². The van der Waals surface area contributed by atoms with Gasteiger partial charge in [-0.25, -0.2) is 15.0 Å². The number of nitrogens with one attached hydrogen (secondary N) is 1. The average Bonchev–Trinajstić information content (AvgIpc) is 2.80. The first kappa shape index (κ1) is 13.1. The molecule has 0 radical (unpaired) electrons. The summed E-state index contributed by atoms with van der Waals surface area (Å²) in [6.45, 7) is 7.29. The number of thiazole rings is 1. The van der Waals surface area contributed by atoms with Gasteiger partial charge in [0.1, 0.15) is 0 Å². The summed E-state index contributed by atoms with van der Waals surface area (Å²) in [7, 11) is 0. The Morgan fingerprint density at radius 1 is 1.28 bits per heavy atom. The predicted octanol–water partition coefficient (Wildman–Crippen LogP) is 2.66. The Kier molecular flexibility index (Phi) is 4.38. The van der Waals surface area contributed by atoms with Gasteiger partial charge in [-0.2, -0.15) is 0 Å². The van der Waals surface area contributed by atoms with E-state index in [0.29, 0.717) is 11.9 Å². The Hall–Kier alpha value is -1.33. The minimum absolute atomic E-state index is 0.480. The molecule has 2 rings (SSSR count). The lowest BCUT2D eigenvalue weighted by Crippen LogP contribution is -2.21. The maximum absolute atomic E-state index is 4.63. The van der Waals surface area contributed by atoms with Crippen molar-refractivity contribution >= 4 is 11.3 Å². The molecule has 2 heterocycles. The molecule has 0 aromatic carbocycles. The van der Waals surface area contributed by atoms with Gasteiger partial charge < -0.3 is 5.32 Å². The molecular formula is C13H18N4S. The highest BCUT2D eigenvalue weighted by Gasteiger charge is 2.12. The van der Waals surface area contributed by atoms with E-state index in [1.54, 1.807) is 23.7 Å². The summed E-state index contributed by atoms with van der Waals surface area (Å²) in [5.41, 5.74) is 1.15. The van der Waals surface area contributed by atoms with Gasteiger partial charge in [0, 0.05) is 29.9 Å². The highest BCUT2D eigenvalue weighted by atomic mass is 32.1. The van der Waals surface area contributed by atoms with Crippen molar-refractivity contribution in [2.75, 3.05) is 0 Å². The first-order chi connectivity index (χ1) is 8.70. The second kappa shape index (κ2) is 6.02. The quantitative estimate of drug-likeness (QED) is 0.900. The molecule has 0 saturated heterocycles. The van der Waals surface area contributed by atoms with Crippen molar-refractivity contribution in [3.8, 4) is 10.8 Å². The SMILES string of the molecule is CCc1nc(-c2ncccn2)sc1CNC(C)C. The molecule has 0 spiro atoms. The topological polar surface area (TPSA) is 50.7 Å². The molecular weight excluding hydrogens is 244 g/mol. The lowest BCUT2D eigenvalue weighted by molar-refractivity contribution is 0.590. The number of nitrogens with zero attached hydrogens (tertiary/aromatic N) is 3. The van der Waals surface area contributed by atoms with E-state index in [2.05, 4.69) is 41.0 Å². The zero-order valence-corrected chi connectivity index (χ0v) is 11.8. The van der Waals surface area contributed by atoms with Crippen LogP contribution in [0.5, 0.6) is 0 Å². The van der Waals surface area contributed by atoms with Crippen LogP contribution in [0.3, 0.4) is 0 Å². The van der Waals surface area contributed by atoms with Gasteiger partial charge in [-0.3, -0.25) is 0 Å². The molecule has 0 saturated carbocycles. The first-order valence-electron chi connectivity index (χ1n) is 6.20. The van der Waals surface area contributed by atoms with Crippen molar-refractivity contribution in [3.05, 3.63) is 29.0 Å². The van der Waals surface area contributed by atoms with E-state index in [0.717, 1.165) is 23.7 Å². The maximum atomic E-state index is 4.63. The van der Waals surface area contributed by atoms with E-state index in [1.165, 1.54) is 4.88 Å². The zero-order chi connectivity index (χ0) is 13.0. The van der Waals surface area contributed by atoms with Crippen LogP contribution in [0.4, 0.5) is 0 Å². The molecule has 5 heteroatoms. The lowest BCUT2D eigenvalue weighted by atomic mass is 10.3. The fourth-order valence-corrected chi connectivity index (χ4v) is 2.65. The molecule has 0 bridgehead atoms. The molecule has 0 unspecified atom stereocenters. The summed E-state index contributed by atoms with van der Waals surface area (Å²) in [5, 5.41) is 4.34. The second-order valence-corrected chi connectivity index (χ2v) is 5.43. The number of rotatable bonds is 5. The van der Waals surface area contributed by atoms with Crippen molar-refractivity contribution in [1.29, 1.82) is 0 Å². The van der Waals surface area contributed by atoms with Crippen LogP contribution in [0.1, 0.15) is 31.3 Å². The highest BCUT2D eigenvalue weighted by Crippen LogP contribution is 2.25. The molecule has 2 aromatic rings. The van der Waals surface area contributed by atoms with E-state index in [-0.39, 0.29) is 0 Å². The molecule has 0 aliphatic heterocycles. The maximum Gasteiger partial charge on any atom is 0.188 e. The Balaban J connectivity index is 2.24. The molecule has 1 N–H and O–H groups in total. The molecule has 0 aliphatic carbocycles. The number of hydrogen-bond acceptors (Lipinski definition) is 5. The van der Waals surface area contributed by atoms with Crippen molar-refractivity contribution in [2.24, 2.45) is 0 Å². The largest absolute Gasteiger partial charge is 0.310 e. The fourth-order valence-electron chi connectivity index (χ4n) is 1.60. The summed E-state index contributed by atoms with van der Waals surface area (Å²) in [6, 6.07) is 2.30. The smallest absolute Gasteiger partial charge is 0.188 e. The van der Waals surface area contributed by atoms with Crippen LogP contribution in [0.2, 0.25) is 0 Å². The van der Waals surface area contributed by atoms with Crippen molar-refractivity contribution in [2.45, 2.75) is 39.8 Å². The van der Waals surface area contributed by atoms with Gasteiger partial charge in [0.2, 0.25) is 0 Å². The third-order valence-corrected chi connectivity index (χ3v) is 3.63. The minimum Gasteiger partial charge on any atom is -0.310 e. The normalized spacial score (nSPS) is 11.1. The van der Waals surface area contributed by atoms with Gasteiger partial charge in [-0.05, 0) is 12.5 Å². The number of aromatic nitrogens is 3. The fraction of sp³-hybridized carbons (Fsp3) is 0.462. The monoisotopic (exact) mass is 262 g/mol. The first-order valence-corrected chi connectivity index (χ1v) is 7.01. The molecule has 0 fully saturated rings. The number of aryl methyl sites for hydroxylation is 1. The standard InChI is InChI=1S/C13H18N4S/c1-4-10-11(8-16-9(2)3)18-13(17-10)12-14-6-5-7-15-12/h5-7,9,16H,4,8H2,1-3H3. The van der Waals surface area contributed by atoms with E-state index in [9.17, 15) is 0 Å². The van der Waals surface area contributed by atoms with Crippen molar-refractivity contribution < 1.29 is 0 Å². The Labute approximate surface area is 112 Å². The third kappa shape index (κ3) is 3.11. The van der Waals surface area contributed by atoms with Crippen LogP contribution < -0.4 is 5.32 Å². The predicted molar refractivity (Wildman–Crippen MR) is 74.5 cm³/mol. The molecule has 4 nitrogen and oxygen atoms in total. The van der Waals surface area contributed by atoms with Gasteiger partial charge in [0.25, 0.3) is 0 Å². The van der Waals surface area contributed by atoms with Gasteiger partial charge in [0.05, 0.1) is 5.69 Å². The molecule has 2 aromatic heterocycles. The Morgan fingerprint density at radius 2 is 2.00 bits per heavy atom. The number of hydrogen-bond donors (Lipinski definition) is 1. The van der Waals surface area contributed by atoms with E-state index < -0.39 is 0 Å². The van der Waals surface area contributed by atoms with Gasteiger partial charge in [-0.15, -0.1) is 11.3 Å². The highest BCUT2D eigenvalue weighted by molar-refractivity contribution is 7.15. The van der Waals surface area contributed by atoms with Crippen LogP contribution in [0.25, 0.3) is 10.8 Å². The van der Waals surface area contributed by atoms with Crippen LogP contribution >= 0.6 is 11.3 Å². The second-order valence-electron chi connectivity index (χ2n) is 4.35. The van der Waals surface area contributed by atoms with Crippen LogP contribution in [-0.2, 0) is 13.0 Å². The van der Waals surface area contributed by atoms with Gasteiger partial charge in [0.15, 0.2) is 10.8 Å². The zero-order valence-electron chi connectivity index (χ0n) is 11.0. The molecule has 96 valence electrons. The summed E-state index contributed by atoms with van der Waals surface area (Å²) < 4.78 is 0. The van der Waals surface area contributed by atoms with E-state index >= 15 is 0 Å². The average molecular weight is 262 g/mol. The van der Waals surface area contributed by atoms with Gasteiger partial charge >= 0.3 is 0 Å². The van der Waals surface area contributed by atoms with E-state index in [1.807, 2.05) is 6.07 Å². The van der Waals surface area contributed by atoms with Crippen molar-refractivity contribution in [1.82, 2.24) is 20.3 Å². The Morgan fingerprint density at radius 3 is 2.61 bits per heavy atom. The third-order valence-electron chi connectivity index (χ3n) is 2.54. The van der Waals surface area contributed by atoms with Crippen LogP contribution in [0, 0.1) is 0 Å². The van der Waals surface area contributed by atoms with Crippen LogP contribution in [-0.4, -0.2) is 21.0 Å². The summed E-state index contributed by atoms with van der Waals surface area (Å²) >= 11 is 1.68. The summed E-state index contributed by atoms with van der Waals surface area (Å²) in [6.07, 6.45) is 4.45. The molecule has 18 heavy (non-hydrogen) atoms. The summed E-state index contributed by atoms with van der Waals surface area (Å²) in [4.78, 5) is 14.4. The summed E-state index contributed by atoms with van der Waals surface area (Å²) in [5.74, 6) is 0.716. The Bertz CT molecular complexity index is 493.